The summed E-state index contributed by atoms with van der Waals surface area (Å²) < 4.78 is 1.58. The third-order valence-electron chi connectivity index (χ3n) is 5.30. The summed E-state index contributed by atoms with van der Waals surface area (Å²) in [4.78, 5) is 30.7. The lowest BCUT2D eigenvalue weighted by atomic mass is 10.0. The number of rotatable bonds is 6. The zero-order chi connectivity index (χ0) is 18.6. The number of piperidine rings is 1. The van der Waals surface area contributed by atoms with Gasteiger partial charge in [-0.2, -0.15) is 5.10 Å². The van der Waals surface area contributed by atoms with Gasteiger partial charge in [-0.15, -0.1) is 0 Å². The first-order valence-electron chi connectivity index (χ1n) is 9.68. The van der Waals surface area contributed by atoms with Crippen LogP contribution in [-0.2, 0) is 17.8 Å². The van der Waals surface area contributed by atoms with Crippen LogP contribution in [0.25, 0.3) is 0 Å². The van der Waals surface area contributed by atoms with Gasteiger partial charge in [-0.05, 0) is 43.2 Å². The quantitative estimate of drug-likeness (QED) is 0.834. The Kier molecular flexibility index (Phi) is 5.18. The van der Waals surface area contributed by atoms with Crippen molar-refractivity contribution in [3.63, 3.8) is 0 Å². The molecule has 4 rings (SSSR count). The van der Waals surface area contributed by atoms with Crippen molar-refractivity contribution >= 4 is 11.6 Å². The van der Waals surface area contributed by atoms with Crippen molar-refractivity contribution < 1.29 is 4.79 Å². The molecule has 2 aromatic heterocycles. The van der Waals surface area contributed by atoms with Crippen LogP contribution in [0.15, 0.2) is 41.6 Å². The first-order chi connectivity index (χ1) is 13.2. The van der Waals surface area contributed by atoms with Crippen LogP contribution in [-0.4, -0.2) is 39.8 Å². The molecule has 1 N–H and O–H groups in total. The Bertz CT molecular complexity index is 839. The third-order valence-corrected chi connectivity index (χ3v) is 5.30. The van der Waals surface area contributed by atoms with E-state index in [-0.39, 0.29) is 17.5 Å². The molecule has 3 heterocycles. The van der Waals surface area contributed by atoms with E-state index >= 15 is 0 Å². The molecule has 2 aromatic rings. The zero-order valence-electron chi connectivity index (χ0n) is 15.4. The van der Waals surface area contributed by atoms with E-state index < -0.39 is 0 Å². The second-order valence-electron chi connectivity index (χ2n) is 7.54. The topological polar surface area (TPSA) is 80.1 Å². The molecule has 0 unspecified atom stereocenters. The van der Waals surface area contributed by atoms with E-state index in [0.29, 0.717) is 12.3 Å². The average molecular weight is 367 g/mol. The second-order valence-corrected chi connectivity index (χ2v) is 7.54. The van der Waals surface area contributed by atoms with E-state index in [4.69, 9.17) is 0 Å². The molecule has 0 radical (unpaired) electrons. The molecule has 1 saturated carbocycles. The van der Waals surface area contributed by atoms with E-state index in [1.165, 1.54) is 12.8 Å². The highest BCUT2D eigenvalue weighted by atomic mass is 16.1. The van der Waals surface area contributed by atoms with Gasteiger partial charge in [0.05, 0.1) is 18.3 Å². The van der Waals surface area contributed by atoms with Crippen molar-refractivity contribution in [2.24, 2.45) is 5.92 Å². The van der Waals surface area contributed by atoms with Gasteiger partial charge in [0.2, 0.25) is 5.91 Å². The lowest BCUT2D eigenvalue weighted by Crippen LogP contribution is -2.45. The normalized spacial score (nSPS) is 17.7. The van der Waals surface area contributed by atoms with Crippen LogP contribution >= 0.6 is 0 Å². The summed E-state index contributed by atoms with van der Waals surface area (Å²) in [6.07, 6.45) is 9.72. The highest BCUT2D eigenvalue weighted by Crippen LogP contribution is 2.29. The maximum atomic E-state index is 12.2. The molecule has 0 bridgehead atoms. The van der Waals surface area contributed by atoms with E-state index in [2.05, 4.69) is 20.3 Å². The molecular weight excluding hydrogens is 342 g/mol. The Morgan fingerprint density at radius 1 is 1.19 bits per heavy atom. The number of aromatic nitrogens is 3. The Morgan fingerprint density at radius 3 is 2.67 bits per heavy atom. The minimum Gasteiger partial charge on any atom is -0.370 e. The van der Waals surface area contributed by atoms with Crippen molar-refractivity contribution in [1.82, 2.24) is 20.1 Å². The molecule has 7 nitrogen and oxygen atoms in total. The molecule has 142 valence electrons. The van der Waals surface area contributed by atoms with Gasteiger partial charge in [0, 0.05) is 44.1 Å². The average Bonchev–Trinajstić information content (AvgIpc) is 3.49. The van der Waals surface area contributed by atoms with Gasteiger partial charge in [0.25, 0.3) is 5.56 Å². The van der Waals surface area contributed by atoms with Crippen molar-refractivity contribution in [2.45, 2.75) is 44.7 Å². The monoisotopic (exact) mass is 367 g/mol. The first kappa shape index (κ1) is 17.7. The van der Waals surface area contributed by atoms with Crippen LogP contribution in [0.1, 0.15) is 31.2 Å². The predicted molar refractivity (Wildman–Crippen MR) is 103 cm³/mol. The number of pyridine rings is 1. The predicted octanol–water partition coefficient (Wildman–Crippen LogP) is 1.38. The van der Waals surface area contributed by atoms with Crippen LogP contribution in [0.5, 0.6) is 0 Å². The third kappa shape index (κ3) is 4.72. The van der Waals surface area contributed by atoms with Gasteiger partial charge in [-0.1, -0.05) is 6.07 Å². The van der Waals surface area contributed by atoms with Crippen LogP contribution in [0.3, 0.4) is 0 Å². The van der Waals surface area contributed by atoms with Gasteiger partial charge >= 0.3 is 0 Å². The molecular formula is C20H25N5O2. The van der Waals surface area contributed by atoms with Crippen LogP contribution in [0.4, 0.5) is 5.69 Å². The molecule has 27 heavy (non-hydrogen) atoms. The number of amides is 1. The Balaban J connectivity index is 1.27. The maximum absolute atomic E-state index is 12.2. The summed E-state index contributed by atoms with van der Waals surface area (Å²) in [7, 11) is 0. The van der Waals surface area contributed by atoms with Gasteiger partial charge in [-0.3, -0.25) is 14.6 Å². The van der Waals surface area contributed by atoms with E-state index in [9.17, 15) is 9.59 Å². The second kappa shape index (κ2) is 7.90. The molecule has 1 aliphatic carbocycles. The van der Waals surface area contributed by atoms with Crippen molar-refractivity contribution in [2.75, 3.05) is 18.0 Å². The summed E-state index contributed by atoms with van der Waals surface area (Å²) >= 11 is 0. The summed E-state index contributed by atoms with van der Waals surface area (Å²) in [6.45, 7) is 2.36. The van der Waals surface area contributed by atoms with Gasteiger partial charge < -0.3 is 10.2 Å². The summed E-state index contributed by atoms with van der Waals surface area (Å²) in [5.41, 5.74) is 1.78. The van der Waals surface area contributed by atoms with Crippen molar-refractivity contribution in [3.05, 3.63) is 52.7 Å². The van der Waals surface area contributed by atoms with Crippen molar-refractivity contribution in [3.8, 4) is 0 Å². The molecule has 0 atom stereocenters. The van der Waals surface area contributed by atoms with Gasteiger partial charge in [-0.25, -0.2) is 4.68 Å². The number of hydrogen-bond donors (Lipinski definition) is 1. The number of carbonyl (C=O) groups is 1. The smallest absolute Gasteiger partial charge is 0.268 e. The Hall–Kier alpha value is -2.70. The lowest BCUT2D eigenvalue weighted by Gasteiger charge is -2.33. The zero-order valence-corrected chi connectivity index (χ0v) is 15.4. The van der Waals surface area contributed by atoms with Gasteiger partial charge in [0.15, 0.2) is 0 Å². The number of hydrogen-bond acceptors (Lipinski definition) is 5. The number of carbonyl (C=O) groups excluding carboxylic acids is 1. The Morgan fingerprint density at radius 2 is 2.00 bits per heavy atom. The number of nitrogens with one attached hydrogen (secondary N) is 1. The molecule has 1 aliphatic heterocycles. The number of anilines is 1. The fourth-order valence-electron chi connectivity index (χ4n) is 3.53. The van der Waals surface area contributed by atoms with E-state index in [1.54, 1.807) is 29.3 Å². The van der Waals surface area contributed by atoms with Crippen LogP contribution in [0, 0.1) is 5.92 Å². The molecule has 0 aromatic carbocycles. The summed E-state index contributed by atoms with van der Waals surface area (Å²) in [5.74, 6) is 0.665. The highest BCUT2D eigenvalue weighted by molar-refractivity contribution is 5.78. The van der Waals surface area contributed by atoms with Crippen LogP contribution < -0.4 is 15.8 Å². The fraction of sp³-hybridized carbons (Fsp3) is 0.500. The van der Waals surface area contributed by atoms with E-state index in [1.807, 2.05) is 12.1 Å². The standard InChI is InChI=1S/C20H25N5O2/c26-19(10-16-2-1-7-21-12-16)23-17-5-8-24(9-6-17)18-11-20(27)25(22-13-18)14-15-3-4-15/h1-2,7,11-13,15,17H,3-6,8-10,14H2,(H,23,26). The molecule has 2 fully saturated rings. The summed E-state index contributed by atoms with van der Waals surface area (Å²) in [6, 6.07) is 5.62. The molecule has 0 spiro atoms. The molecule has 1 amide bonds. The molecule has 7 heteroatoms. The fourth-order valence-corrected chi connectivity index (χ4v) is 3.53. The molecule has 1 saturated heterocycles. The van der Waals surface area contributed by atoms with Gasteiger partial charge in [0.1, 0.15) is 0 Å². The minimum absolute atomic E-state index is 0.0219. The van der Waals surface area contributed by atoms with Crippen molar-refractivity contribution in [1.29, 1.82) is 0 Å². The maximum Gasteiger partial charge on any atom is 0.268 e. The minimum atomic E-state index is -0.0219. The SMILES string of the molecule is O=C(Cc1cccnc1)NC1CCN(c2cnn(CC3CC3)c(=O)c2)CC1. The molecule has 2 aliphatic rings. The van der Waals surface area contributed by atoms with E-state index in [0.717, 1.165) is 43.7 Å². The lowest BCUT2D eigenvalue weighted by molar-refractivity contribution is -0.121. The van der Waals surface area contributed by atoms with Crippen LogP contribution in [0.2, 0.25) is 0 Å². The Labute approximate surface area is 158 Å². The highest BCUT2D eigenvalue weighted by Gasteiger charge is 2.24. The number of nitrogens with zero attached hydrogens (tertiary/aromatic N) is 4. The summed E-state index contributed by atoms with van der Waals surface area (Å²) in [5, 5.41) is 7.45. The largest absolute Gasteiger partial charge is 0.370 e. The first-order valence-corrected chi connectivity index (χ1v) is 9.68.